The van der Waals surface area contributed by atoms with Crippen LogP contribution in [0.4, 0.5) is 11.6 Å². The normalized spacial score (nSPS) is 14.9. The number of hydrogen-bond acceptors (Lipinski definition) is 6. The van der Waals surface area contributed by atoms with Gasteiger partial charge in [0.1, 0.15) is 5.75 Å². The van der Waals surface area contributed by atoms with Gasteiger partial charge in [0.05, 0.1) is 6.61 Å². The van der Waals surface area contributed by atoms with Gasteiger partial charge in [0.2, 0.25) is 11.9 Å². The van der Waals surface area contributed by atoms with E-state index in [2.05, 4.69) is 25.1 Å². The first kappa shape index (κ1) is 18.1. The Balaban J connectivity index is 1.38. The second-order valence-electron chi connectivity index (χ2n) is 6.13. The molecule has 26 heavy (non-hydrogen) atoms. The van der Waals surface area contributed by atoms with Crippen molar-refractivity contribution >= 4 is 17.5 Å². The van der Waals surface area contributed by atoms with E-state index in [-0.39, 0.29) is 5.91 Å². The Bertz CT molecular complexity index is 685. The van der Waals surface area contributed by atoms with Gasteiger partial charge >= 0.3 is 0 Å². The highest BCUT2D eigenvalue weighted by atomic mass is 16.5. The van der Waals surface area contributed by atoms with Gasteiger partial charge in [-0.1, -0.05) is 0 Å². The lowest BCUT2D eigenvalue weighted by Crippen LogP contribution is -2.47. The molecule has 0 aliphatic carbocycles. The molecule has 1 aliphatic rings. The molecule has 2 aromatic rings. The molecule has 1 aromatic heterocycles. The fourth-order valence-corrected chi connectivity index (χ4v) is 2.91. The van der Waals surface area contributed by atoms with E-state index >= 15 is 0 Å². The number of benzene rings is 1. The van der Waals surface area contributed by atoms with Gasteiger partial charge in [-0.15, -0.1) is 0 Å². The summed E-state index contributed by atoms with van der Waals surface area (Å²) in [4.78, 5) is 25.2. The van der Waals surface area contributed by atoms with Crippen molar-refractivity contribution in [2.45, 2.75) is 13.3 Å². The van der Waals surface area contributed by atoms with Crippen molar-refractivity contribution in [2.24, 2.45) is 0 Å². The third-order valence-electron chi connectivity index (χ3n) is 4.31. The van der Waals surface area contributed by atoms with E-state index in [9.17, 15) is 4.79 Å². The molecule has 0 unspecified atom stereocenters. The molecule has 1 fully saturated rings. The van der Waals surface area contributed by atoms with Crippen LogP contribution in [0.5, 0.6) is 5.75 Å². The van der Waals surface area contributed by atoms with Crippen LogP contribution in [-0.2, 0) is 4.79 Å². The second-order valence-corrected chi connectivity index (χ2v) is 6.13. The molecule has 1 saturated heterocycles. The summed E-state index contributed by atoms with van der Waals surface area (Å²) in [6.45, 7) is 6.92. The van der Waals surface area contributed by atoms with Crippen LogP contribution in [0.15, 0.2) is 42.7 Å². The predicted molar refractivity (Wildman–Crippen MR) is 102 cm³/mol. The minimum atomic E-state index is 0.0305. The first-order chi connectivity index (χ1) is 12.7. The highest BCUT2D eigenvalue weighted by molar-refractivity contribution is 5.90. The van der Waals surface area contributed by atoms with Crippen molar-refractivity contribution < 1.29 is 9.53 Å². The van der Waals surface area contributed by atoms with E-state index in [1.807, 2.05) is 37.3 Å². The molecule has 7 nitrogen and oxygen atoms in total. The predicted octanol–water partition coefficient (Wildman–Crippen LogP) is 2.03. The van der Waals surface area contributed by atoms with Crippen LogP contribution in [0.25, 0.3) is 0 Å². The number of piperazine rings is 1. The average Bonchev–Trinajstić information content (AvgIpc) is 2.69. The van der Waals surface area contributed by atoms with E-state index in [1.165, 1.54) is 0 Å². The summed E-state index contributed by atoms with van der Waals surface area (Å²) in [6.07, 6.45) is 4.01. The van der Waals surface area contributed by atoms with Gasteiger partial charge < -0.3 is 15.0 Å². The number of aromatic nitrogens is 2. The zero-order valence-electron chi connectivity index (χ0n) is 15.1. The summed E-state index contributed by atoms with van der Waals surface area (Å²) in [5.74, 6) is 1.62. The number of nitrogens with one attached hydrogen (secondary N) is 1. The molecule has 0 bridgehead atoms. The molecule has 0 radical (unpaired) electrons. The van der Waals surface area contributed by atoms with E-state index in [0.29, 0.717) is 13.0 Å². The van der Waals surface area contributed by atoms with Gasteiger partial charge in [0, 0.05) is 57.2 Å². The van der Waals surface area contributed by atoms with Crippen LogP contribution >= 0.6 is 0 Å². The fraction of sp³-hybridized carbons (Fsp3) is 0.421. The molecule has 0 spiro atoms. The molecule has 1 N–H and O–H groups in total. The Morgan fingerprint density at radius 3 is 2.46 bits per heavy atom. The van der Waals surface area contributed by atoms with Crippen molar-refractivity contribution in [2.75, 3.05) is 49.5 Å². The minimum absolute atomic E-state index is 0.0305. The van der Waals surface area contributed by atoms with Gasteiger partial charge in [-0.05, 0) is 37.3 Å². The lowest BCUT2D eigenvalue weighted by atomic mass is 10.2. The van der Waals surface area contributed by atoms with Gasteiger partial charge in [-0.25, -0.2) is 9.97 Å². The average molecular weight is 355 g/mol. The lowest BCUT2D eigenvalue weighted by Gasteiger charge is -2.34. The van der Waals surface area contributed by atoms with Crippen molar-refractivity contribution in [3.05, 3.63) is 42.7 Å². The minimum Gasteiger partial charge on any atom is -0.494 e. The Labute approximate surface area is 154 Å². The summed E-state index contributed by atoms with van der Waals surface area (Å²) < 4.78 is 5.40. The first-order valence-corrected chi connectivity index (χ1v) is 9.01. The molecule has 1 aromatic carbocycles. The molecular weight excluding hydrogens is 330 g/mol. The summed E-state index contributed by atoms with van der Waals surface area (Å²) >= 11 is 0. The van der Waals surface area contributed by atoms with Crippen LogP contribution in [0, 0.1) is 0 Å². The molecule has 138 valence electrons. The Morgan fingerprint density at radius 1 is 1.12 bits per heavy atom. The zero-order valence-corrected chi connectivity index (χ0v) is 15.1. The van der Waals surface area contributed by atoms with Gasteiger partial charge in [0.25, 0.3) is 0 Å². The SMILES string of the molecule is CCOc1ccc(NC(=O)CCN2CCN(c3ncccn3)CC2)cc1. The number of carbonyl (C=O) groups excluding carboxylic acids is 1. The molecule has 7 heteroatoms. The molecule has 0 saturated carbocycles. The number of carbonyl (C=O) groups is 1. The van der Waals surface area contributed by atoms with Gasteiger partial charge in [-0.3, -0.25) is 9.69 Å². The standard InChI is InChI=1S/C19H25N5O2/c1-2-26-17-6-4-16(5-7-17)22-18(25)8-11-23-12-14-24(15-13-23)19-20-9-3-10-21-19/h3-7,9-10H,2,8,11-15H2,1H3,(H,22,25). The van der Waals surface area contributed by atoms with Crippen LogP contribution in [-0.4, -0.2) is 60.1 Å². The van der Waals surface area contributed by atoms with Crippen molar-refractivity contribution in [1.82, 2.24) is 14.9 Å². The maximum absolute atomic E-state index is 12.2. The second kappa shape index (κ2) is 9.15. The van der Waals surface area contributed by atoms with Gasteiger partial charge in [0.15, 0.2) is 0 Å². The van der Waals surface area contributed by atoms with E-state index in [1.54, 1.807) is 12.4 Å². The number of nitrogens with zero attached hydrogens (tertiary/aromatic N) is 4. The largest absolute Gasteiger partial charge is 0.494 e. The first-order valence-electron chi connectivity index (χ1n) is 9.01. The number of rotatable bonds is 7. The number of anilines is 2. The van der Waals surface area contributed by atoms with Crippen molar-refractivity contribution in [3.8, 4) is 5.75 Å². The topological polar surface area (TPSA) is 70.6 Å². The van der Waals surface area contributed by atoms with Gasteiger partial charge in [-0.2, -0.15) is 0 Å². The number of amides is 1. The summed E-state index contributed by atoms with van der Waals surface area (Å²) in [6, 6.07) is 9.28. The summed E-state index contributed by atoms with van der Waals surface area (Å²) in [7, 11) is 0. The maximum Gasteiger partial charge on any atom is 0.225 e. The third kappa shape index (κ3) is 5.16. The molecule has 0 atom stereocenters. The fourth-order valence-electron chi connectivity index (χ4n) is 2.91. The van der Waals surface area contributed by atoms with Crippen LogP contribution in [0.1, 0.15) is 13.3 Å². The van der Waals surface area contributed by atoms with Crippen molar-refractivity contribution in [3.63, 3.8) is 0 Å². The quantitative estimate of drug-likeness (QED) is 0.819. The summed E-state index contributed by atoms with van der Waals surface area (Å²) in [5.41, 5.74) is 0.796. The van der Waals surface area contributed by atoms with E-state index < -0.39 is 0 Å². The highest BCUT2D eigenvalue weighted by Gasteiger charge is 2.19. The Kier molecular flexibility index (Phi) is 6.38. The third-order valence-corrected chi connectivity index (χ3v) is 4.31. The zero-order chi connectivity index (χ0) is 18.2. The lowest BCUT2D eigenvalue weighted by molar-refractivity contribution is -0.116. The molecule has 3 rings (SSSR count). The molecular formula is C19H25N5O2. The Hall–Kier alpha value is -2.67. The Morgan fingerprint density at radius 2 is 1.81 bits per heavy atom. The van der Waals surface area contributed by atoms with Crippen LogP contribution in [0.2, 0.25) is 0 Å². The molecule has 1 aliphatic heterocycles. The van der Waals surface area contributed by atoms with Crippen LogP contribution < -0.4 is 15.0 Å². The highest BCUT2D eigenvalue weighted by Crippen LogP contribution is 2.16. The summed E-state index contributed by atoms with van der Waals surface area (Å²) in [5, 5.41) is 2.93. The smallest absolute Gasteiger partial charge is 0.225 e. The van der Waals surface area contributed by atoms with E-state index in [0.717, 1.165) is 50.1 Å². The van der Waals surface area contributed by atoms with E-state index in [4.69, 9.17) is 4.74 Å². The van der Waals surface area contributed by atoms with Crippen LogP contribution in [0.3, 0.4) is 0 Å². The number of ether oxygens (including phenoxy) is 1. The maximum atomic E-state index is 12.2. The monoisotopic (exact) mass is 355 g/mol. The molecule has 1 amide bonds. The molecule has 2 heterocycles. The van der Waals surface area contributed by atoms with Crippen molar-refractivity contribution in [1.29, 1.82) is 0 Å². The number of hydrogen-bond donors (Lipinski definition) is 1.